The van der Waals surface area contributed by atoms with E-state index in [1.807, 2.05) is 0 Å². The Balaban J connectivity index is 1.83. The van der Waals surface area contributed by atoms with Gasteiger partial charge in [-0.3, -0.25) is 19.3 Å². The maximum atomic E-state index is 12.5. The number of rotatable bonds is 4. The summed E-state index contributed by atoms with van der Waals surface area (Å²) in [7, 11) is 1.38. The molecule has 0 fully saturated rings. The predicted octanol–water partition coefficient (Wildman–Crippen LogP) is 0.309. The molecule has 2 aromatic rings. The Morgan fingerprint density at radius 3 is 2.04 bits per heavy atom. The van der Waals surface area contributed by atoms with Crippen molar-refractivity contribution in [1.29, 1.82) is 0 Å². The second-order valence-corrected chi connectivity index (χ2v) is 5.50. The van der Waals surface area contributed by atoms with Crippen LogP contribution in [0.1, 0.15) is 31.1 Å². The first-order valence-electron chi connectivity index (χ1n) is 7.44. The monoisotopic (exact) mass is 337 g/mol. The normalized spacial score (nSPS) is 12.9. The topological polar surface area (TPSA) is 97.8 Å². The number of anilines is 1. The van der Waals surface area contributed by atoms with Gasteiger partial charge in [-0.05, 0) is 18.2 Å². The van der Waals surface area contributed by atoms with Gasteiger partial charge in [-0.15, -0.1) is 0 Å². The van der Waals surface area contributed by atoms with Crippen LogP contribution in [0.3, 0.4) is 0 Å². The molecule has 0 N–H and O–H groups in total. The third-order valence-electron chi connectivity index (χ3n) is 4.03. The molecule has 2 aromatic carbocycles. The first kappa shape index (κ1) is 16.4. The van der Waals surface area contributed by atoms with E-state index in [2.05, 4.69) is 0 Å². The first-order valence-corrected chi connectivity index (χ1v) is 7.44. The zero-order valence-corrected chi connectivity index (χ0v) is 13.3. The maximum absolute atomic E-state index is 12.5. The quantitative estimate of drug-likeness (QED) is 0.748. The third kappa shape index (κ3) is 2.76. The molecule has 1 aliphatic heterocycles. The largest absolute Gasteiger partial charge is 0.545 e. The number of nitrogens with zero attached hydrogens (tertiary/aromatic N) is 2. The Kier molecular flexibility index (Phi) is 4.06. The average Bonchev–Trinajstić information content (AvgIpc) is 2.86. The van der Waals surface area contributed by atoms with Crippen molar-refractivity contribution in [3.63, 3.8) is 0 Å². The molecule has 3 rings (SSSR count). The van der Waals surface area contributed by atoms with E-state index in [-0.39, 0.29) is 22.4 Å². The van der Waals surface area contributed by atoms with Crippen molar-refractivity contribution < 1.29 is 24.3 Å². The van der Waals surface area contributed by atoms with E-state index in [9.17, 15) is 24.3 Å². The number of para-hydroxylation sites is 1. The molecular weight excluding hydrogens is 324 g/mol. The Morgan fingerprint density at radius 1 is 0.960 bits per heavy atom. The van der Waals surface area contributed by atoms with Gasteiger partial charge in [0.1, 0.15) is 6.54 Å². The van der Waals surface area contributed by atoms with Gasteiger partial charge in [0.05, 0.1) is 22.8 Å². The van der Waals surface area contributed by atoms with E-state index in [1.165, 1.54) is 37.4 Å². The van der Waals surface area contributed by atoms with Gasteiger partial charge in [-0.25, -0.2) is 0 Å². The van der Waals surface area contributed by atoms with Gasteiger partial charge in [0, 0.05) is 12.6 Å². The van der Waals surface area contributed by atoms with E-state index in [0.717, 1.165) is 9.80 Å². The molecule has 126 valence electrons. The molecule has 0 radical (unpaired) electrons. The summed E-state index contributed by atoms with van der Waals surface area (Å²) < 4.78 is 0. The number of benzene rings is 2. The summed E-state index contributed by atoms with van der Waals surface area (Å²) in [5, 5.41) is 11.2. The van der Waals surface area contributed by atoms with Crippen LogP contribution < -0.4 is 10.0 Å². The van der Waals surface area contributed by atoms with Crippen molar-refractivity contribution in [2.75, 3.05) is 18.5 Å². The fourth-order valence-corrected chi connectivity index (χ4v) is 2.70. The van der Waals surface area contributed by atoms with Crippen LogP contribution in [0.5, 0.6) is 0 Å². The molecule has 0 aromatic heterocycles. The van der Waals surface area contributed by atoms with E-state index < -0.39 is 30.2 Å². The lowest BCUT2D eigenvalue weighted by molar-refractivity contribution is -0.254. The lowest BCUT2D eigenvalue weighted by atomic mass is 10.1. The second-order valence-electron chi connectivity index (χ2n) is 5.50. The number of amides is 3. The summed E-state index contributed by atoms with van der Waals surface area (Å²) in [6.45, 7) is -0.482. The highest BCUT2D eigenvalue weighted by Crippen LogP contribution is 2.23. The Labute approximate surface area is 143 Å². The van der Waals surface area contributed by atoms with Crippen LogP contribution in [-0.4, -0.2) is 42.2 Å². The molecule has 0 spiro atoms. The molecule has 7 heteroatoms. The molecule has 3 amide bonds. The molecule has 0 saturated heterocycles. The van der Waals surface area contributed by atoms with Crippen molar-refractivity contribution >= 4 is 29.4 Å². The minimum atomic E-state index is -1.42. The van der Waals surface area contributed by atoms with Crippen LogP contribution in [-0.2, 0) is 4.79 Å². The molecule has 25 heavy (non-hydrogen) atoms. The number of fused-ring (bicyclic) bond motifs is 1. The Bertz CT molecular complexity index is 871. The van der Waals surface area contributed by atoms with Crippen molar-refractivity contribution in [2.24, 2.45) is 0 Å². The number of carbonyl (C=O) groups is 4. The Hall–Kier alpha value is -3.48. The van der Waals surface area contributed by atoms with Gasteiger partial charge < -0.3 is 14.8 Å². The number of hydrogen-bond donors (Lipinski definition) is 0. The summed E-state index contributed by atoms with van der Waals surface area (Å²) in [6, 6.07) is 12.2. The van der Waals surface area contributed by atoms with E-state index in [1.54, 1.807) is 18.2 Å². The third-order valence-corrected chi connectivity index (χ3v) is 4.03. The number of imide groups is 1. The summed E-state index contributed by atoms with van der Waals surface area (Å²) in [5.41, 5.74) is 0.473. The lowest BCUT2D eigenvalue weighted by Crippen LogP contribution is -2.42. The number of likely N-dealkylation sites (N-methyl/N-ethyl adjacent to an activating group) is 1. The highest BCUT2D eigenvalue weighted by Gasteiger charge is 2.36. The lowest BCUT2D eigenvalue weighted by Gasteiger charge is -2.23. The van der Waals surface area contributed by atoms with Crippen molar-refractivity contribution in [1.82, 2.24) is 4.90 Å². The Morgan fingerprint density at radius 2 is 1.48 bits per heavy atom. The minimum Gasteiger partial charge on any atom is -0.545 e. The summed E-state index contributed by atoms with van der Waals surface area (Å²) in [4.78, 5) is 50.2. The van der Waals surface area contributed by atoms with Crippen LogP contribution in [0, 0.1) is 0 Å². The van der Waals surface area contributed by atoms with Crippen LogP contribution >= 0.6 is 0 Å². The maximum Gasteiger partial charge on any atom is 0.262 e. The second kappa shape index (κ2) is 6.20. The molecule has 0 bridgehead atoms. The number of carbonyl (C=O) groups excluding carboxylic acids is 4. The molecule has 0 atom stereocenters. The zero-order chi connectivity index (χ0) is 18.1. The first-order chi connectivity index (χ1) is 11.9. The van der Waals surface area contributed by atoms with Crippen LogP contribution in [0.25, 0.3) is 0 Å². The van der Waals surface area contributed by atoms with Gasteiger partial charge in [0.25, 0.3) is 11.8 Å². The van der Waals surface area contributed by atoms with Crippen LogP contribution in [0.15, 0.2) is 48.5 Å². The van der Waals surface area contributed by atoms with Crippen molar-refractivity contribution in [3.05, 3.63) is 65.2 Å². The summed E-state index contributed by atoms with van der Waals surface area (Å²) >= 11 is 0. The molecular formula is C18H13N2O5-. The minimum absolute atomic E-state index is 0.129. The molecule has 7 nitrogen and oxygen atoms in total. The van der Waals surface area contributed by atoms with Crippen LogP contribution in [0.2, 0.25) is 0 Å². The van der Waals surface area contributed by atoms with Gasteiger partial charge in [-0.2, -0.15) is 0 Å². The van der Waals surface area contributed by atoms with Crippen molar-refractivity contribution in [3.8, 4) is 0 Å². The standard InChI is InChI=1S/C18H14N2O5/c1-19(14-9-5-4-8-13(14)18(24)25)15(21)10-20-16(22)11-6-2-3-7-12(11)17(20)23/h2-9H,10H2,1H3,(H,24,25)/p-1. The molecule has 0 aliphatic carbocycles. The van der Waals surface area contributed by atoms with Gasteiger partial charge in [0.2, 0.25) is 5.91 Å². The van der Waals surface area contributed by atoms with E-state index >= 15 is 0 Å². The molecule has 0 unspecified atom stereocenters. The molecule has 0 saturated carbocycles. The SMILES string of the molecule is CN(C(=O)CN1C(=O)c2ccccc2C1=O)c1ccccc1C(=O)[O-]. The molecule has 1 aliphatic rings. The fraction of sp³-hybridized carbons (Fsp3) is 0.111. The van der Waals surface area contributed by atoms with E-state index in [0.29, 0.717) is 0 Å². The average molecular weight is 337 g/mol. The highest BCUT2D eigenvalue weighted by atomic mass is 16.4. The number of carboxylic acid groups (broad SMARTS) is 1. The zero-order valence-electron chi connectivity index (χ0n) is 13.3. The van der Waals surface area contributed by atoms with Gasteiger partial charge >= 0.3 is 0 Å². The predicted molar refractivity (Wildman–Crippen MR) is 86.0 cm³/mol. The summed E-state index contributed by atoms with van der Waals surface area (Å²) in [5.74, 6) is -3.11. The highest BCUT2D eigenvalue weighted by molar-refractivity contribution is 6.22. The van der Waals surface area contributed by atoms with Gasteiger partial charge in [-0.1, -0.05) is 30.3 Å². The fourth-order valence-electron chi connectivity index (χ4n) is 2.70. The number of carboxylic acids is 1. The van der Waals surface area contributed by atoms with Crippen molar-refractivity contribution in [2.45, 2.75) is 0 Å². The molecule has 1 heterocycles. The summed E-state index contributed by atoms with van der Waals surface area (Å²) in [6.07, 6.45) is 0. The smallest absolute Gasteiger partial charge is 0.262 e. The number of aromatic carboxylic acids is 1. The number of hydrogen-bond acceptors (Lipinski definition) is 5. The van der Waals surface area contributed by atoms with E-state index in [4.69, 9.17) is 0 Å². The van der Waals surface area contributed by atoms with Gasteiger partial charge in [0.15, 0.2) is 0 Å². The van der Waals surface area contributed by atoms with Crippen LogP contribution in [0.4, 0.5) is 5.69 Å².